The number of hydrazone groups is 1. The summed E-state index contributed by atoms with van der Waals surface area (Å²) >= 11 is 0. The molecular formula is C17H16N2O3. The highest BCUT2D eigenvalue weighted by molar-refractivity contribution is 5.87. The molecule has 1 amide bonds. The Labute approximate surface area is 127 Å². The molecule has 0 aromatic heterocycles. The van der Waals surface area contributed by atoms with Crippen LogP contribution in [0.25, 0.3) is 0 Å². The van der Waals surface area contributed by atoms with Crippen LogP contribution in [0.2, 0.25) is 0 Å². The molecular weight excluding hydrogens is 280 g/mol. The van der Waals surface area contributed by atoms with Crippen molar-refractivity contribution in [2.24, 2.45) is 11.0 Å². The molecule has 5 heteroatoms. The van der Waals surface area contributed by atoms with Crippen molar-refractivity contribution in [1.29, 1.82) is 0 Å². The Bertz CT molecular complexity index is 713. The van der Waals surface area contributed by atoms with Gasteiger partial charge in [-0.25, -0.2) is 5.43 Å². The first-order valence-electron chi connectivity index (χ1n) is 7.05. The zero-order valence-corrected chi connectivity index (χ0v) is 11.8. The Morgan fingerprint density at radius 2 is 1.95 bits per heavy atom. The molecule has 2 aromatic carbocycles. The fourth-order valence-corrected chi connectivity index (χ4v) is 2.44. The van der Waals surface area contributed by atoms with Gasteiger partial charge in [-0.15, -0.1) is 0 Å². The number of amides is 1. The molecule has 3 rings (SSSR count). The normalized spacial score (nSPS) is 20.0. The van der Waals surface area contributed by atoms with Crippen molar-refractivity contribution in [3.8, 4) is 11.5 Å². The largest absolute Gasteiger partial charge is 0.508 e. The van der Waals surface area contributed by atoms with E-state index in [1.54, 1.807) is 0 Å². The predicted octanol–water partition coefficient (Wildman–Crippen LogP) is 2.35. The van der Waals surface area contributed by atoms with Crippen LogP contribution in [-0.2, 0) is 4.79 Å². The lowest BCUT2D eigenvalue weighted by atomic mass is 10.1. The average Bonchev–Trinajstić information content (AvgIpc) is 3.31. The molecule has 0 unspecified atom stereocenters. The molecule has 0 heterocycles. The molecule has 0 spiro atoms. The first-order chi connectivity index (χ1) is 10.6. The number of benzene rings is 2. The number of carbonyl (C=O) groups is 1. The van der Waals surface area contributed by atoms with E-state index in [0.717, 1.165) is 6.42 Å². The van der Waals surface area contributed by atoms with E-state index in [0.29, 0.717) is 5.56 Å². The van der Waals surface area contributed by atoms with Crippen molar-refractivity contribution in [1.82, 2.24) is 5.43 Å². The van der Waals surface area contributed by atoms with Gasteiger partial charge in [0.1, 0.15) is 11.5 Å². The number of aromatic hydroxyl groups is 2. The summed E-state index contributed by atoms with van der Waals surface area (Å²) in [7, 11) is 0. The Morgan fingerprint density at radius 1 is 1.18 bits per heavy atom. The third-order valence-electron chi connectivity index (χ3n) is 3.75. The van der Waals surface area contributed by atoms with E-state index in [1.807, 2.05) is 30.3 Å². The highest BCUT2D eigenvalue weighted by Gasteiger charge is 2.43. The molecule has 22 heavy (non-hydrogen) atoms. The fraction of sp³-hybridized carbons (Fsp3) is 0.176. The van der Waals surface area contributed by atoms with Crippen molar-refractivity contribution in [3.63, 3.8) is 0 Å². The van der Waals surface area contributed by atoms with E-state index >= 15 is 0 Å². The Hall–Kier alpha value is -2.82. The number of carbonyl (C=O) groups excluding carboxylic acids is 1. The summed E-state index contributed by atoms with van der Waals surface area (Å²) in [5.74, 6) is -0.0243. The van der Waals surface area contributed by atoms with Crippen molar-refractivity contribution < 1.29 is 15.0 Å². The molecule has 1 aliphatic rings. The molecule has 5 nitrogen and oxygen atoms in total. The van der Waals surface area contributed by atoms with Gasteiger partial charge in [0.25, 0.3) is 0 Å². The second kappa shape index (κ2) is 5.89. The van der Waals surface area contributed by atoms with E-state index in [9.17, 15) is 15.0 Å². The van der Waals surface area contributed by atoms with Crippen molar-refractivity contribution in [2.75, 3.05) is 0 Å². The Balaban J connectivity index is 1.56. The summed E-state index contributed by atoms with van der Waals surface area (Å²) in [6, 6.07) is 14.1. The molecule has 1 aliphatic carbocycles. The summed E-state index contributed by atoms with van der Waals surface area (Å²) in [5.41, 5.74) is 4.09. The number of rotatable bonds is 4. The number of nitrogens with zero attached hydrogens (tertiary/aromatic N) is 1. The monoisotopic (exact) mass is 296 g/mol. The maximum absolute atomic E-state index is 12.0. The summed E-state index contributed by atoms with van der Waals surface area (Å²) in [4.78, 5) is 12.0. The van der Waals surface area contributed by atoms with Crippen LogP contribution in [0.4, 0.5) is 0 Å². The minimum atomic E-state index is -0.122. The van der Waals surface area contributed by atoms with E-state index in [1.165, 1.54) is 30.0 Å². The highest BCUT2D eigenvalue weighted by atomic mass is 16.3. The standard InChI is InChI=1S/C17H16N2O3/c20-13-7-6-12(16(21)8-13)10-18-19-17(22)15-9-14(15)11-4-2-1-3-5-11/h1-8,10,14-15,20-21H,9H2,(H,19,22)/b18-10+/t14-,15-/m0/s1. The quantitative estimate of drug-likeness (QED) is 0.598. The fourth-order valence-electron chi connectivity index (χ4n) is 2.44. The molecule has 112 valence electrons. The topological polar surface area (TPSA) is 81.9 Å². The smallest absolute Gasteiger partial charge is 0.243 e. The van der Waals surface area contributed by atoms with Gasteiger partial charge in [0.05, 0.1) is 6.21 Å². The van der Waals surface area contributed by atoms with Crippen LogP contribution in [0.3, 0.4) is 0 Å². The summed E-state index contributed by atoms with van der Waals surface area (Å²) in [6.45, 7) is 0. The van der Waals surface area contributed by atoms with Gasteiger partial charge in [0, 0.05) is 17.5 Å². The van der Waals surface area contributed by atoms with Crippen LogP contribution in [-0.4, -0.2) is 22.3 Å². The molecule has 2 aromatic rings. The van der Waals surface area contributed by atoms with Crippen molar-refractivity contribution in [2.45, 2.75) is 12.3 Å². The minimum absolute atomic E-state index is 0.0256. The van der Waals surface area contributed by atoms with Gasteiger partial charge in [-0.05, 0) is 30.0 Å². The first kappa shape index (κ1) is 14.1. The van der Waals surface area contributed by atoms with Crippen LogP contribution in [0.15, 0.2) is 53.6 Å². The summed E-state index contributed by atoms with van der Waals surface area (Å²) in [6.07, 6.45) is 2.18. The molecule has 0 aliphatic heterocycles. The third-order valence-corrected chi connectivity index (χ3v) is 3.75. The average molecular weight is 296 g/mol. The zero-order chi connectivity index (χ0) is 15.5. The van der Waals surface area contributed by atoms with Gasteiger partial charge in [0.15, 0.2) is 0 Å². The van der Waals surface area contributed by atoms with Gasteiger partial charge in [0.2, 0.25) is 5.91 Å². The zero-order valence-electron chi connectivity index (χ0n) is 11.8. The van der Waals surface area contributed by atoms with E-state index in [2.05, 4.69) is 10.5 Å². The van der Waals surface area contributed by atoms with E-state index < -0.39 is 0 Å². The van der Waals surface area contributed by atoms with Crippen LogP contribution in [0.1, 0.15) is 23.5 Å². The maximum atomic E-state index is 12.0. The summed E-state index contributed by atoms with van der Waals surface area (Å²) < 4.78 is 0. The van der Waals surface area contributed by atoms with Gasteiger partial charge in [-0.3, -0.25) is 4.79 Å². The molecule has 2 atom stereocenters. The van der Waals surface area contributed by atoms with Gasteiger partial charge in [-0.1, -0.05) is 30.3 Å². The predicted molar refractivity (Wildman–Crippen MR) is 82.8 cm³/mol. The molecule has 3 N–H and O–H groups in total. The molecule has 1 fully saturated rings. The van der Waals surface area contributed by atoms with E-state index in [-0.39, 0.29) is 29.2 Å². The number of hydrogen-bond acceptors (Lipinski definition) is 4. The molecule has 0 saturated heterocycles. The second-order valence-electron chi connectivity index (χ2n) is 5.34. The number of phenolic OH excluding ortho intramolecular Hbond substituents is 2. The SMILES string of the molecule is O=C(N/N=C/c1ccc(O)cc1O)[C@H]1C[C@H]1c1ccccc1. The van der Waals surface area contributed by atoms with Gasteiger partial charge in [-0.2, -0.15) is 5.10 Å². The first-order valence-corrected chi connectivity index (χ1v) is 7.05. The van der Waals surface area contributed by atoms with Crippen LogP contribution < -0.4 is 5.43 Å². The van der Waals surface area contributed by atoms with Crippen LogP contribution in [0.5, 0.6) is 11.5 Å². The number of hydrogen-bond donors (Lipinski definition) is 3. The maximum Gasteiger partial charge on any atom is 0.243 e. The Kier molecular flexibility index (Phi) is 3.78. The van der Waals surface area contributed by atoms with Crippen molar-refractivity contribution >= 4 is 12.1 Å². The minimum Gasteiger partial charge on any atom is -0.508 e. The lowest BCUT2D eigenvalue weighted by molar-refractivity contribution is -0.122. The molecule has 0 bridgehead atoms. The van der Waals surface area contributed by atoms with Crippen LogP contribution >= 0.6 is 0 Å². The lowest BCUT2D eigenvalue weighted by Gasteiger charge is -2.01. The highest BCUT2D eigenvalue weighted by Crippen LogP contribution is 2.47. The van der Waals surface area contributed by atoms with Crippen LogP contribution in [0, 0.1) is 5.92 Å². The second-order valence-corrected chi connectivity index (χ2v) is 5.34. The van der Waals surface area contributed by atoms with E-state index in [4.69, 9.17) is 0 Å². The lowest BCUT2D eigenvalue weighted by Crippen LogP contribution is -2.20. The van der Waals surface area contributed by atoms with Gasteiger partial charge < -0.3 is 10.2 Å². The number of phenols is 2. The summed E-state index contributed by atoms with van der Waals surface area (Å²) in [5, 5.41) is 22.7. The van der Waals surface area contributed by atoms with Crippen molar-refractivity contribution in [3.05, 3.63) is 59.7 Å². The Morgan fingerprint density at radius 3 is 2.68 bits per heavy atom. The molecule has 1 saturated carbocycles. The number of nitrogens with one attached hydrogen (secondary N) is 1. The molecule has 0 radical (unpaired) electrons. The van der Waals surface area contributed by atoms with Gasteiger partial charge >= 0.3 is 0 Å². The third kappa shape index (κ3) is 3.09.